The summed E-state index contributed by atoms with van der Waals surface area (Å²) in [5, 5.41) is 0. The van der Waals surface area contributed by atoms with Crippen molar-refractivity contribution in [3.05, 3.63) is 24.5 Å². The predicted molar refractivity (Wildman–Crippen MR) is 95.8 cm³/mol. The zero-order chi connectivity index (χ0) is 15.6. The minimum Gasteiger partial charge on any atom is -0.498 e. The van der Waals surface area contributed by atoms with Crippen molar-refractivity contribution in [3.63, 3.8) is 0 Å². The average molecular weight is 305 g/mol. The fourth-order valence-corrected chi connectivity index (χ4v) is 4.22. The van der Waals surface area contributed by atoms with Crippen molar-refractivity contribution >= 4 is 0 Å². The second-order valence-electron chi connectivity index (χ2n) is 7.34. The van der Waals surface area contributed by atoms with Gasteiger partial charge in [0.25, 0.3) is 0 Å². The molecule has 0 heterocycles. The molecule has 0 spiro atoms. The molecule has 1 heteroatoms. The molecule has 2 fully saturated rings. The van der Waals surface area contributed by atoms with E-state index < -0.39 is 0 Å². The van der Waals surface area contributed by atoms with Crippen LogP contribution in [0.5, 0.6) is 0 Å². The van der Waals surface area contributed by atoms with E-state index in [0.29, 0.717) is 6.10 Å². The van der Waals surface area contributed by atoms with E-state index in [1.54, 1.807) is 0 Å². The van der Waals surface area contributed by atoms with Crippen LogP contribution in [0.1, 0.15) is 84.5 Å². The summed E-state index contributed by atoms with van der Waals surface area (Å²) in [4.78, 5) is 0. The van der Waals surface area contributed by atoms with Crippen LogP contribution in [0.4, 0.5) is 0 Å². The molecule has 2 aliphatic rings. The highest BCUT2D eigenvalue weighted by molar-refractivity contribution is 4.92. The standard InChI is InChI=1S/C21H36O/c1-3-5-7-8-18-9-11-19(12-10-18)20-13-15-21(16-14-20)22-17-6-4-2/h6-8,17-21H,3-5,9-16H2,1-2H3/b8-7+,17-6+. The molecule has 2 rings (SSSR count). The van der Waals surface area contributed by atoms with Crippen LogP contribution in [0.2, 0.25) is 0 Å². The second-order valence-corrected chi connectivity index (χ2v) is 7.34. The Hall–Kier alpha value is -0.720. The molecule has 0 N–H and O–H groups in total. The molecule has 0 amide bonds. The maximum absolute atomic E-state index is 5.84. The summed E-state index contributed by atoms with van der Waals surface area (Å²) in [5.74, 6) is 2.86. The van der Waals surface area contributed by atoms with Gasteiger partial charge in [-0.05, 0) is 82.0 Å². The van der Waals surface area contributed by atoms with Crippen molar-refractivity contribution in [1.29, 1.82) is 0 Å². The molecule has 126 valence electrons. The van der Waals surface area contributed by atoms with E-state index in [1.165, 1.54) is 64.2 Å². The molecule has 0 aromatic heterocycles. The Morgan fingerprint density at radius 3 is 2.05 bits per heavy atom. The predicted octanol–water partition coefficient (Wildman–Crippen LogP) is 6.65. The molecule has 22 heavy (non-hydrogen) atoms. The summed E-state index contributed by atoms with van der Waals surface area (Å²) in [6.07, 6.45) is 24.2. The Labute approximate surface area is 138 Å². The maximum atomic E-state index is 5.84. The van der Waals surface area contributed by atoms with Crippen LogP contribution >= 0.6 is 0 Å². The molecular weight excluding hydrogens is 268 g/mol. The molecule has 0 aromatic rings. The molecule has 1 nitrogen and oxygen atoms in total. The van der Waals surface area contributed by atoms with Gasteiger partial charge >= 0.3 is 0 Å². The van der Waals surface area contributed by atoms with E-state index in [0.717, 1.165) is 24.2 Å². The van der Waals surface area contributed by atoms with Crippen molar-refractivity contribution in [2.45, 2.75) is 90.6 Å². The van der Waals surface area contributed by atoms with Gasteiger partial charge < -0.3 is 4.74 Å². The third-order valence-electron chi connectivity index (χ3n) is 5.67. The third-order valence-corrected chi connectivity index (χ3v) is 5.67. The highest BCUT2D eigenvalue weighted by Crippen LogP contribution is 2.40. The summed E-state index contributed by atoms with van der Waals surface area (Å²) in [5.41, 5.74) is 0. The lowest BCUT2D eigenvalue weighted by molar-refractivity contribution is 0.0649. The highest BCUT2D eigenvalue weighted by Gasteiger charge is 2.30. The zero-order valence-corrected chi connectivity index (χ0v) is 14.8. The molecule has 2 aliphatic carbocycles. The van der Waals surface area contributed by atoms with Gasteiger partial charge in [0.05, 0.1) is 12.4 Å². The van der Waals surface area contributed by atoms with E-state index in [1.807, 2.05) is 6.26 Å². The Balaban J connectivity index is 1.65. The number of hydrogen-bond acceptors (Lipinski definition) is 1. The lowest BCUT2D eigenvalue weighted by Crippen LogP contribution is -2.27. The molecule has 0 aliphatic heterocycles. The number of rotatable bonds is 7. The average Bonchev–Trinajstić information content (AvgIpc) is 2.57. The van der Waals surface area contributed by atoms with Crippen LogP contribution in [0, 0.1) is 17.8 Å². The fourth-order valence-electron chi connectivity index (χ4n) is 4.22. The van der Waals surface area contributed by atoms with Crippen molar-refractivity contribution < 1.29 is 4.74 Å². The van der Waals surface area contributed by atoms with Gasteiger partial charge in [0.15, 0.2) is 0 Å². The molecular formula is C21H36O. The molecule has 2 saturated carbocycles. The van der Waals surface area contributed by atoms with E-state index >= 15 is 0 Å². The number of allylic oxidation sites excluding steroid dienone is 3. The Morgan fingerprint density at radius 1 is 0.818 bits per heavy atom. The molecule has 0 atom stereocenters. The topological polar surface area (TPSA) is 9.23 Å². The van der Waals surface area contributed by atoms with E-state index in [2.05, 4.69) is 32.1 Å². The largest absolute Gasteiger partial charge is 0.498 e. The summed E-state index contributed by atoms with van der Waals surface area (Å²) in [6, 6.07) is 0. The van der Waals surface area contributed by atoms with Gasteiger partial charge in [0.2, 0.25) is 0 Å². The lowest BCUT2D eigenvalue weighted by atomic mass is 9.70. The number of unbranched alkanes of at least 4 members (excludes halogenated alkanes) is 1. The summed E-state index contributed by atoms with van der Waals surface area (Å²) in [6.45, 7) is 4.42. The molecule has 0 saturated heterocycles. The summed E-state index contributed by atoms with van der Waals surface area (Å²) < 4.78 is 5.84. The Bertz CT molecular complexity index is 328. The molecule has 0 radical (unpaired) electrons. The quantitative estimate of drug-likeness (QED) is 0.378. The van der Waals surface area contributed by atoms with E-state index in [9.17, 15) is 0 Å². The van der Waals surface area contributed by atoms with Gasteiger partial charge in [0.1, 0.15) is 0 Å². The van der Waals surface area contributed by atoms with Crippen molar-refractivity contribution in [3.8, 4) is 0 Å². The Kier molecular flexibility index (Phi) is 8.12. The van der Waals surface area contributed by atoms with Gasteiger partial charge in [-0.2, -0.15) is 0 Å². The monoisotopic (exact) mass is 304 g/mol. The zero-order valence-electron chi connectivity index (χ0n) is 14.8. The molecule has 0 aromatic carbocycles. The minimum atomic E-state index is 0.493. The van der Waals surface area contributed by atoms with Crippen LogP contribution in [0.25, 0.3) is 0 Å². The molecule has 0 unspecified atom stereocenters. The smallest absolute Gasteiger partial charge is 0.0978 e. The number of hydrogen-bond donors (Lipinski definition) is 0. The van der Waals surface area contributed by atoms with Crippen LogP contribution < -0.4 is 0 Å². The first-order chi connectivity index (χ1) is 10.8. The van der Waals surface area contributed by atoms with Crippen LogP contribution in [0.3, 0.4) is 0 Å². The third kappa shape index (κ3) is 5.82. The number of ether oxygens (including phenoxy) is 1. The van der Waals surface area contributed by atoms with Gasteiger partial charge in [0, 0.05) is 0 Å². The van der Waals surface area contributed by atoms with Crippen molar-refractivity contribution in [1.82, 2.24) is 0 Å². The normalized spacial score (nSPS) is 33.5. The second kappa shape index (κ2) is 10.1. The van der Waals surface area contributed by atoms with Crippen LogP contribution in [-0.4, -0.2) is 6.10 Å². The van der Waals surface area contributed by atoms with Gasteiger partial charge in [-0.1, -0.05) is 38.5 Å². The van der Waals surface area contributed by atoms with Crippen molar-refractivity contribution in [2.75, 3.05) is 0 Å². The summed E-state index contributed by atoms with van der Waals surface area (Å²) in [7, 11) is 0. The Morgan fingerprint density at radius 2 is 1.45 bits per heavy atom. The molecule has 0 bridgehead atoms. The van der Waals surface area contributed by atoms with Gasteiger partial charge in [-0.3, -0.25) is 0 Å². The first-order valence-corrected chi connectivity index (χ1v) is 9.80. The maximum Gasteiger partial charge on any atom is 0.0978 e. The van der Waals surface area contributed by atoms with E-state index in [-0.39, 0.29) is 0 Å². The van der Waals surface area contributed by atoms with Gasteiger partial charge in [-0.25, -0.2) is 0 Å². The van der Waals surface area contributed by atoms with Gasteiger partial charge in [-0.15, -0.1) is 0 Å². The first kappa shape index (κ1) is 17.6. The summed E-state index contributed by atoms with van der Waals surface area (Å²) >= 11 is 0. The SMILES string of the molecule is CC/C=C/OC1CCC(C2CCC(/C=C/CCC)CC2)CC1. The minimum absolute atomic E-state index is 0.493. The fraction of sp³-hybridized carbons (Fsp3) is 0.810. The highest BCUT2D eigenvalue weighted by atomic mass is 16.5. The first-order valence-electron chi connectivity index (χ1n) is 9.80. The van der Waals surface area contributed by atoms with Crippen LogP contribution in [0.15, 0.2) is 24.5 Å². The van der Waals surface area contributed by atoms with E-state index in [4.69, 9.17) is 4.74 Å². The van der Waals surface area contributed by atoms with Crippen LogP contribution in [-0.2, 0) is 4.74 Å². The van der Waals surface area contributed by atoms with Crippen molar-refractivity contribution in [2.24, 2.45) is 17.8 Å². The lowest BCUT2D eigenvalue weighted by Gasteiger charge is -2.37.